The largest absolute Gasteiger partial charge is 0.103 e. The van der Waals surface area contributed by atoms with E-state index in [-0.39, 0.29) is 0 Å². The summed E-state index contributed by atoms with van der Waals surface area (Å²) < 4.78 is 0. The lowest BCUT2D eigenvalue weighted by molar-refractivity contribution is 0.278. The van der Waals surface area contributed by atoms with E-state index in [0.717, 1.165) is 23.7 Å². The van der Waals surface area contributed by atoms with Gasteiger partial charge < -0.3 is 0 Å². The Hall–Kier alpha value is -0.520. The van der Waals surface area contributed by atoms with Gasteiger partial charge in [-0.2, -0.15) is 0 Å². The molecule has 1 fully saturated rings. The van der Waals surface area contributed by atoms with Crippen LogP contribution < -0.4 is 0 Å². The molecule has 0 aromatic carbocycles. The van der Waals surface area contributed by atoms with E-state index in [9.17, 15) is 0 Å². The zero-order valence-electron chi connectivity index (χ0n) is 15.7. The number of rotatable bonds is 7. The van der Waals surface area contributed by atoms with Crippen molar-refractivity contribution in [1.82, 2.24) is 0 Å². The lowest BCUT2D eigenvalue weighted by Crippen LogP contribution is -2.15. The molecule has 0 heteroatoms. The van der Waals surface area contributed by atoms with Crippen LogP contribution in [0.2, 0.25) is 0 Å². The highest BCUT2D eigenvalue weighted by molar-refractivity contribution is 5.03. The summed E-state index contributed by atoms with van der Waals surface area (Å²) in [5.74, 6) is 3.99. The predicted octanol–water partition coefficient (Wildman–Crippen LogP) is 7.41. The quantitative estimate of drug-likeness (QED) is 0.339. The summed E-state index contributed by atoms with van der Waals surface area (Å²) in [4.78, 5) is 0. The van der Waals surface area contributed by atoms with E-state index < -0.39 is 0 Å². The Balaban J connectivity index is 2.62. The van der Waals surface area contributed by atoms with Gasteiger partial charge in [0.05, 0.1) is 0 Å². The van der Waals surface area contributed by atoms with Crippen LogP contribution in [0, 0.1) is 29.6 Å². The Morgan fingerprint density at radius 3 is 2.41 bits per heavy atom. The zero-order chi connectivity index (χ0) is 16.5. The van der Waals surface area contributed by atoms with Crippen molar-refractivity contribution < 1.29 is 0 Å². The van der Waals surface area contributed by atoms with Gasteiger partial charge in [-0.25, -0.2) is 0 Å². The van der Waals surface area contributed by atoms with Crippen molar-refractivity contribution >= 4 is 0 Å². The van der Waals surface area contributed by atoms with Crippen molar-refractivity contribution in [2.24, 2.45) is 29.6 Å². The van der Waals surface area contributed by atoms with Gasteiger partial charge in [0.15, 0.2) is 0 Å². The zero-order valence-corrected chi connectivity index (χ0v) is 15.7. The van der Waals surface area contributed by atoms with Crippen LogP contribution in [0.25, 0.3) is 0 Å². The van der Waals surface area contributed by atoms with Gasteiger partial charge in [0.2, 0.25) is 0 Å². The van der Waals surface area contributed by atoms with Crippen molar-refractivity contribution in [1.29, 1.82) is 0 Å². The van der Waals surface area contributed by atoms with Crippen LogP contribution in [0.15, 0.2) is 24.8 Å². The highest BCUT2D eigenvalue weighted by atomic mass is 14.3. The van der Waals surface area contributed by atoms with Crippen LogP contribution in [-0.4, -0.2) is 0 Å². The number of allylic oxidation sites excluding steroid dienone is 2. The topological polar surface area (TPSA) is 0 Å². The third-order valence-electron chi connectivity index (χ3n) is 5.77. The summed E-state index contributed by atoms with van der Waals surface area (Å²) in [6.45, 7) is 18.0. The maximum absolute atomic E-state index is 4.48. The molecule has 0 amide bonds. The fraction of sp³-hybridized carbons (Fsp3) is 0.818. The molecule has 1 aliphatic carbocycles. The smallest absolute Gasteiger partial charge is 0.0203 e. The van der Waals surface area contributed by atoms with Gasteiger partial charge >= 0.3 is 0 Å². The summed E-state index contributed by atoms with van der Waals surface area (Å²) in [5, 5.41) is 0. The van der Waals surface area contributed by atoms with Gasteiger partial charge in [0.25, 0.3) is 0 Å². The van der Waals surface area contributed by atoms with E-state index in [0.29, 0.717) is 5.92 Å². The van der Waals surface area contributed by atoms with E-state index in [4.69, 9.17) is 0 Å². The Labute approximate surface area is 140 Å². The second-order valence-corrected chi connectivity index (χ2v) is 8.39. The molecule has 0 heterocycles. The van der Waals surface area contributed by atoms with Crippen LogP contribution in [-0.2, 0) is 0 Å². The standard InChI is InChI=1S/C22H40/c1-7-20-13-12-19(6)22(11-9-8-10-17(2)3)16-21(15-14-20)18(4)5/h7,17-18,20-22H,1,6,8-16H2,2-5H3. The average molecular weight is 305 g/mol. The minimum Gasteiger partial charge on any atom is -0.103 e. The van der Waals surface area contributed by atoms with Crippen LogP contribution in [0.5, 0.6) is 0 Å². The summed E-state index contributed by atoms with van der Waals surface area (Å²) >= 11 is 0. The average Bonchev–Trinajstić information content (AvgIpc) is 2.53. The predicted molar refractivity (Wildman–Crippen MR) is 101 cm³/mol. The summed E-state index contributed by atoms with van der Waals surface area (Å²) in [5.41, 5.74) is 1.53. The first-order chi connectivity index (χ1) is 10.4. The molecule has 0 nitrogen and oxygen atoms in total. The van der Waals surface area contributed by atoms with Crippen molar-refractivity contribution in [3.05, 3.63) is 24.8 Å². The van der Waals surface area contributed by atoms with Gasteiger partial charge in [0.1, 0.15) is 0 Å². The molecule has 128 valence electrons. The van der Waals surface area contributed by atoms with E-state index in [1.54, 1.807) is 0 Å². The first kappa shape index (κ1) is 19.5. The first-order valence-electron chi connectivity index (χ1n) is 9.74. The van der Waals surface area contributed by atoms with Gasteiger partial charge in [-0.3, -0.25) is 0 Å². The van der Waals surface area contributed by atoms with Gasteiger partial charge in [-0.15, -0.1) is 6.58 Å². The highest BCUT2D eigenvalue weighted by Gasteiger charge is 2.24. The van der Waals surface area contributed by atoms with Crippen molar-refractivity contribution in [2.75, 3.05) is 0 Å². The molecular weight excluding hydrogens is 264 g/mol. The molecule has 1 saturated carbocycles. The molecule has 3 atom stereocenters. The molecule has 1 aliphatic rings. The molecule has 0 bridgehead atoms. The van der Waals surface area contributed by atoms with Gasteiger partial charge in [0, 0.05) is 0 Å². The van der Waals surface area contributed by atoms with Crippen LogP contribution in [0.4, 0.5) is 0 Å². The maximum atomic E-state index is 4.48. The molecule has 0 aromatic heterocycles. The number of hydrogen-bond acceptors (Lipinski definition) is 0. The van der Waals surface area contributed by atoms with E-state index in [1.165, 1.54) is 63.4 Å². The van der Waals surface area contributed by atoms with Crippen molar-refractivity contribution in [2.45, 2.75) is 85.5 Å². The normalized spacial score (nSPS) is 27.5. The monoisotopic (exact) mass is 304 g/mol. The Kier molecular flexibility index (Phi) is 9.13. The molecule has 0 saturated heterocycles. The molecule has 0 spiro atoms. The van der Waals surface area contributed by atoms with Crippen LogP contribution in [0.3, 0.4) is 0 Å². The minimum absolute atomic E-state index is 0.706. The number of unbranched alkanes of at least 4 members (excludes halogenated alkanes) is 1. The summed E-state index contributed by atoms with van der Waals surface area (Å²) in [6.07, 6.45) is 14.3. The van der Waals surface area contributed by atoms with E-state index in [2.05, 4.69) is 46.9 Å². The van der Waals surface area contributed by atoms with Gasteiger partial charge in [-0.05, 0) is 68.1 Å². The second-order valence-electron chi connectivity index (χ2n) is 8.39. The van der Waals surface area contributed by atoms with Crippen molar-refractivity contribution in [3.8, 4) is 0 Å². The molecule has 0 N–H and O–H groups in total. The molecular formula is C22H40. The fourth-order valence-electron chi connectivity index (χ4n) is 3.90. The fourth-order valence-corrected chi connectivity index (χ4v) is 3.90. The second kappa shape index (κ2) is 10.3. The molecule has 0 radical (unpaired) electrons. The minimum atomic E-state index is 0.706. The van der Waals surface area contributed by atoms with Crippen LogP contribution >= 0.6 is 0 Å². The SMILES string of the molecule is C=CC1CCC(=C)C(CCCCC(C)C)CC(C(C)C)CC1. The molecule has 3 unspecified atom stereocenters. The Morgan fingerprint density at radius 1 is 1.09 bits per heavy atom. The molecule has 1 rings (SSSR count). The molecule has 0 aliphatic heterocycles. The lowest BCUT2D eigenvalue weighted by atomic mass is 9.79. The van der Waals surface area contributed by atoms with E-state index in [1.807, 2.05) is 0 Å². The van der Waals surface area contributed by atoms with E-state index >= 15 is 0 Å². The highest BCUT2D eigenvalue weighted by Crippen LogP contribution is 2.37. The molecule has 0 aromatic rings. The third-order valence-corrected chi connectivity index (χ3v) is 5.77. The van der Waals surface area contributed by atoms with Crippen molar-refractivity contribution in [3.63, 3.8) is 0 Å². The summed E-state index contributed by atoms with van der Waals surface area (Å²) in [6, 6.07) is 0. The maximum Gasteiger partial charge on any atom is -0.0203 e. The number of hydrogen-bond donors (Lipinski definition) is 0. The Morgan fingerprint density at radius 2 is 1.82 bits per heavy atom. The summed E-state index contributed by atoms with van der Waals surface area (Å²) in [7, 11) is 0. The Bertz CT molecular complexity index is 323. The van der Waals surface area contributed by atoms with Crippen LogP contribution in [0.1, 0.15) is 85.5 Å². The third kappa shape index (κ3) is 7.16. The lowest BCUT2D eigenvalue weighted by Gasteiger charge is -2.27. The molecule has 22 heavy (non-hydrogen) atoms. The van der Waals surface area contributed by atoms with Gasteiger partial charge in [-0.1, -0.05) is 65.2 Å². The first-order valence-corrected chi connectivity index (χ1v) is 9.74.